The zero-order valence-electron chi connectivity index (χ0n) is 16.2. The molecule has 2 unspecified atom stereocenters. The maximum atomic E-state index is 13.1. The fourth-order valence-corrected chi connectivity index (χ4v) is 3.03. The van der Waals surface area contributed by atoms with Gasteiger partial charge in [0.2, 0.25) is 5.91 Å². The van der Waals surface area contributed by atoms with Gasteiger partial charge in [0.15, 0.2) is 0 Å². The lowest BCUT2D eigenvalue weighted by molar-refractivity contribution is -0.126. The van der Waals surface area contributed by atoms with E-state index in [9.17, 15) is 9.18 Å². The Bertz CT molecular complexity index is 795. The first-order chi connectivity index (χ1) is 12.9. The highest BCUT2D eigenvalue weighted by Gasteiger charge is 2.36. The van der Waals surface area contributed by atoms with Gasteiger partial charge in [0.25, 0.3) is 0 Å². The summed E-state index contributed by atoms with van der Waals surface area (Å²) in [7, 11) is 3.94. The van der Waals surface area contributed by atoms with Crippen LogP contribution in [0.5, 0.6) is 0 Å². The van der Waals surface area contributed by atoms with E-state index >= 15 is 0 Å². The normalized spacial score (nSPS) is 19.0. The van der Waals surface area contributed by atoms with Crippen molar-refractivity contribution in [1.29, 1.82) is 0 Å². The summed E-state index contributed by atoms with van der Waals surface area (Å²) in [6, 6.07) is 10.2. The summed E-state index contributed by atoms with van der Waals surface area (Å²) >= 11 is 0. The second-order valence-corrected chi connectivity index (χ2v) is 7.58. The summed E-state index contributed by atoms with van der Waals surface area (Å²) in [4.78, 5) is 16.5. The highest BCUT2D eigenvalue weighted by atomic mass is 19.1. The highest BCUT2D eigenvalue weighted by molar-refractivity contribution is 5.91. The Labute approximate surface area is 160 Å². The maximum Gasteiger partial charge on any atom is 0.247 e. The van der Waals surface area contributed by atoms with Gasteiger partial charge in [0, 0.05) is 31.6 Å². The molecule has 0 aliphatic heterocycles. The van der Waals surface area contributed by atoms with Crippen LogP contribution in [-0.2, 0) is 11.3 Å². The summed E-state index contributed by atoms with van der Waals surface area (Å²) in [6.45, 7) is 4.01. The van der Waals surface area contributed by atoms with Crippen LogP contribution in [0.4, 0.5) is 4.39 Å². The van der Waals surface area contributed by atoms with Crippen LogP contribution in [0.3, 0.4) is 0 Å². The number of amides is 1. The van der Waals surface area contributed by atoms with Crippen LogP contribution in [0.25, 0.3) is 6.08 Å². The van der Waals surface area contributed by atoms with Crippen molar-refractivity contribution < 1.29 is 13.6 Å². The first kappa shape index (κ1) is 19.4. The Morgan fingerprint density at radius 2 is 1.89 bits per heavy atom. The quantitative estimate of drug-likeness (QED) is 0.655. The summed E-state index contributed by atoms with van der Waals surface area (Å²) in [5.74, 6) is 2.56. The molecule has 1 aliphatic rings. The number of halogens is 1. The van der Waals surface area contributed by atoms with Gasteiger partial charge in [-0.1, -0.05) is 19.1 Å². The molecule has 0 saturated heterocycles. The van der Waals surface area contributed by atoms with Gasteiger partial charge in [0.1, 0.15) is 17.3 Å². The van der Waals surface area contributed by atoms with Crippen molar-refractivity contribution in [2.75, 3.05) is 27.2 Å². The number of benzene rings is 1. The van der Waals surface area contributed by atoms with Gasteiger partial charge in [-0.05, 0) is 62.3 Å². The second kappa shape index (κ2) is 8.53. The van der Waals surface area contributed by atoms with E-state index in [-0.39, 0.29) is 11.7 Å². The maximum absolute atomic E-state index is 13.1. The van der Waals surface area contributed by atoms with E-state index < -0.39 is 0 Å². The smallest absolute Gasteiger partial charge is 0.247 e. The van der Waals surface area contributed by atoms with Crippen molar-refractivity contribution in [3.63, 3.8) is 0 Å². The van der Waals surface area contributed by atoms with Gasteiger partial charge in [-0.25, -0.2) is 4.39 Å². The van der Waals surface area contributed by atoms with Crippen molar-refractivity contribution in [3.05, 3.63) is 65.4 Å². The molecule has 0 bridgehead atoms. The first-order valence-corrected chi connectivity index (χ1v) is 9.38. The van der Waals surface area contributed by atoms with Crippen molar-refractivity contribution in [2.45, 2.75) is 25.8 Å². The molecule has 4 nitrogen and oxygen atoms in total. The van der Waals surface area contributed by atoms with Crippen LogP contribution in [-0.4, -0.2) is 42.9 Å². The zero-order valence-corrected chi connectivity index (χ0v) is 16.2. The van der Waals surface area contributed by atoms with Crippen LogP contribution in [0, 0.1) is 11.7 Å². The van der Waals surface area contributed by atoms with E-state index in [1.165, 1.54) is 18.6 Å². The van der Waals surface area contributed by atoms with Gasteiger partial charge >= 0.3 is 0 Å². The predicted octanol–water partition coefficient (Wildman–Crippen LogP) is 4.15. The monoisotopic (exact) mass is 370 g/mol. The molecule has 3 rings (SSSR count). The number of carbonyl (C=O) groups is 1. The molecule has 0 spiro atoms. The van der Waals surface area contributed by atoms with Crippen molar-refractivity contribution in [3.8, 4) is 0 Å². The molecule has 1 amide bonds. The van der Waals surface area contributed by atoms with Gasteiger partial charge in [-0.2, -0.15) is 0 Å². The molecule has 1 aromatic carbocycles. The standard InChI is InChI=1S/C22H27FN2O2/c1-16-14-20(16)21-10-8-19(27-21)9-11-22(26)25(13-12-24(2)3)15-17-4-6-18(23)7-5-17/h4-11,16,20H,12-15H2,1-3H3/b11-9+. The molecule has 2 aromatic rings. The number of rotatable bonds is 8. The molecule has 1 saturated carbocycles. The van der Waals surface area contributed by atoms with Crippen LogP contribution >= 0.6 is 0 Å². The SMILES string of the molecule is CC1CC1c1ccc(/C=C/C(=O)N(CCN(C)C)Cc2ccc(F)cc2)o1. The molecular weight excluding hydrogens is 343 g/mol. The summed E-state index contributed by atoms with van der Waals surface area (Å²) in [6.07, 6.45) is 4.45. The summed E-state index contributed by atoms with van der Waals surface area (Å²) in [5.41, 5.74) is 0.903. The average Bonchev–Trinajstić information content (AvgIpc) is 3.18. The van der Waals surface area contributed by atoms with E-state index in [1.54, 1.807) is 29.2 Å². The molecule has 1 aliphatic carbocycles. The van der Waals surface area contributed by atoms with Gasteiger partial charge < -0.3 is 14.2 Å². The molecule has 0 N–H and O–H groups in total. The van der Waals surface area contributed by atoms with E-state index in [0.29, 0.717) is 30.7 Å². The minimum atomic E-state index is -0.275. The van der Waals surface area contributed by atoms with Crippen LogP contribution in [0.1, 0.15) is 36.3 Å². The van der Waals surface area contributed by atoms with E-state index in [1.807, 2.05) is 31.1 Å². The Balaban J connectivity index is 1.65. The largest absolute Gasteiger partial charge is 0.461 e. The lowest BCUT2D eigenvalue weighted by Gasteiger charge is -2.23. The third-order valence-electron chi connectivity index (χ3n) is 4.93. The number of hydrogen-bond acceptors (Lipinski definition) is 3. The Hall–Kier alpha value is -2.40. The lowest BCUT2D eigenvalue weighted by atomic mass is 10.2. The minimum absolute atomic E-state index is 0.0843. The second-order valence-electron chi connectivity index (χ2n) is 7.58. The molecule has 144 valence electrons. The van der Waals surface area contributed by atoms with E-state index in [2.05, 4.69) is 6.92 Å². The van der Waals surface area contributed by atoms with Crippen LogP contribution in [0.15, 0.2) is 46.9 Å². The summed E-state index contributed by atoms with van der Waals surface area (Å²) in [5, 5.41) is 0. The van der Waals surface area contributed by atoms with E-state index in [0.717, 1.165) is 17.9 Å². The number of likely N-dealkylation sites (N-methyl/N-ethyl adjacent to an activating group) is 1. The topological polar surface area (TPSA) is 36.7 Å². The average molecular weight is 370 g/mol. The Morgan fingerprint density at radius 1 is 1.19 bits per heavy atom. The van der Waals surface area contributed by atoms with Gasteiger partial charge in [-0.3, -0.25) is 4.79 Å². The zero-order chi connectivity index (χ0) is 19.4. The number of hydrogen-bond donors (Lipinski definition) is 0. The van der Waals surface area contributed by atoms with E-state index in [4.69, 9.17) is 4.42 Å². The van der Waals surface area contributed by atoms with Crippen LogP contribution in [0.2, 0.25) is 0 Å². The number of furan rings is 1. The van der Waals surface area contributed by atoms with Crippen molar-refractivity contribution in [2.24, 2.45) is 5.92 Å². The van der Waals surface area contributed by atoms with Gasteiger partial charge in [-0.15, -0.1) is 0 Å². The molecule has 27 heavy (non-hydrogen) atoms. The molecule has 1 heterocycles. The first-order valence-electron chi connectivity index (χ1n) is 9.38. The minimum Gasteiger partial charge on any atom is -0.461 e. The predicted molar refractivity (Wildman–Crippen MR) is 105 cm³/mol. The third-order valence-corrected chi connectivity index (χ3v) is 4.93. The highest BCUT2D eigenvalue weighted by Crippen LogP contribution is 2.47. The lowest BCUT2D eigenvalue weighted by Crippen LogP contribution is -2.35. The fourth-order valence-electron chi connectivity index (χ4n) is 3.03. The Kier molecular flexibility index (Phi) is 6.11. The number of nitrogens with zero attached hydrogens (tertiary/aromatic N) is 2. The van der Waals surface area contributed by atoms with Gasteiger partial charge in [0.05, 0.1) is 0 Å². The van der Waals surface area contributed by atoms with Crippen molar-refractivity contribution in [1.82, 2.24) is 9.80 Å². The molecule has 1 aromatic heterocycles. The molecule has 2 atom stereocenters. The summed E-state index contributed by atoms with van der Waals surface area (Å²) < 4.78 is 19.0. The number of carbonyl (C=O) groups excluding carboxylic acids is 1. The Morgan fingerprint density at radius 3 is 2.52 bits per heavy atom. The molecular formula is C22H27FN2O2. The van der Waals surface area contributed by atoms with Crippen LogP contribution < -0.4 is 0 Å². The third kappa shape index (κ3) is 5.54. The fraction of sp³-hybridized carbons (Fsp3) is 0.409. The molecule has 5 heteroatoms. The molecule has 1 fully saturated rings. The van der Waals surface area contributed by atoms with Crippen molar-refractivity contribution >= 4 is 12.0 Å². The molecule has 0 radical (unpaired) electrons.